The van der Waals surface area contributed by atoms with E-state index in [-0.39, 0.29) is 12.3 Å². The Morgan fingerprint density at radius 2 is 2.13 bits per heavy atom. The third kappa shape index (κ3) is 4.05. The molecule has 1 aromatic rings. The second kappa shape index (κ2) is 4.37. The summed E-state index contributed by atoms with van der Waals surface area (Å²) < 4.78 is 25.8. The second-order valence-electron chi connectivity index (χ2n) is 2.89. The van der Waals surface area contributed by atoms with Crippen LogP contribution in [0.1, 0.15) is 5.56 Å². The number of hydrogen-bond donors (Lipinski definition) is 0. The van der Waals surface area contributed by atoms with Crippen LogP contribution in [0.25, 0.3) is 0 Å². The first-order chi connectivity index (χ1) is 6.88. The van der Waals surface area contributed by atoms with Gasteiger partial charge in [-0.1, -0.05) is 12.1 Å². The average molecular weight is 231 g/mol. The topological polar surface area (TPSA) is 86.5 Å². The molecule has 0 atom stereocenters. The van der Waals surface area contributed by atoms with Crippen LogP contribution in [-0.4, -0.2) is 19.6 Å². The molecule has 7 heteroatoms. The third-order valence-electron chi connectivity index (χ3n) is 1.56. The summed E-state index contributed by atoms with van der Waals surface area (Å²) >= 11 is 0. The van der Waals surface area contributed by atoms with Crippen LogP contribution < -0.4 is 0 Å². The molecule has 0 aliphatic heterocycles. The van der Waals surface area contributed by atoms with Crippen molar-refractivity contribution in [1.29, 1.82) is 0 Å². The predicted molar refractivity (Wildman–Crippen MR) is 52.7 cm³/mol. The zero-order chi connectivity index (χ0) is 11.5. The Hall–Kier alpha value is -1.47. The Kier molecular flexibility index (Phi) is 3.38. The molecule has 1 rings (SSSR count). The van der Waals surface area contributed by atoms with Crippen LogP contribution in [-0.2, 0) is 20.9 Å². The Balaban J connectivity index is 2.79. The second-order valence-corrected chi connectivity index (χ2v) is 4.54. The predicted octanol–water partition coefficient (Wildman–Crippen LogP) is 1.07. The first-order valence-corrected chi connectivity index (χ1v) is 5.78. The summed E-state index contributed by atoms with van der Waals surface area (Å²) in [7, 11) is -3.53. The summed E-state index contributed by atoms with van der Waals surface area (Å²) in [6.07, 6.45) is 0.921. The first kappa shape index (κ1) is 11.6. The standard InChI is InChI=1S/C8H9NO5S/c1-15(12,13)14-6-7-3-2-4-8(5-7)9(10)11/h2-5H,6H2,1H3. The van der Waals surface area contributed by atoms with Gasteiger partial charge in [0.25, 0.3) is 15.8 Å². The van der Waals surface area contributed by atoms with Gasteiger partial charge in [0, 0.05) is 12.1 Å². The van der Waals surface area contributed by atoms with Crippen molar-refractivity contribution >= 4 is 15.8 Å². The van der Waals surface area contributed by atoms with Crippen LogP contribution >= 0.6 is 0 Å². The van der Waals surface area contributed by atoms with Crippen molar-refractivity contribution in [3.05, 3.63) is 39.9 Å². The van der Waals surface area contributed by atoms with Crippen LogP contribution in [0.5, 0.6) is 0 Å². The van der Waals surface area contributed by atoms with Gasteiger partial charge in [-0.2, -0.15) is 8.42 Å². The number of nitro groups is 1. The van der Waals surface area contributed by atoms with Crippen molar-refractivity contribution in [1.82, 2.24) is 0 Å². The molecule has 0 spiro atoms. The molecule has 15 heavy (non-hydrogen) atoms. The first-order valence-electron chi connectivity index (χ1n) is 3.96. The van der Waals surface area contributed by atoms with Crippen LogP contribution in [0.2, 0.25) is 0 Å². The Morgan fingerprint density at radius 3 is 2.67 bits per heavy atom. The minimum Gasteiger partial charge on any atom is -0.265 e. The maximum absolute atomic E-state index is 10.7. The fourth-order valence-electron chi connectivity index (χ4n) is 0.935. The largest absolute Gasteiger partial charge is 0.269 e. The van der Waals surface area contributed by atoms with E-state index in [4.69, 9.17) is 0 Å². The van der Waals surface area contributed by atoms with Crippen LogP contribution in [0.3, 0.4) is 0 Å². The van der Waals surface area contributed by atoms with Gasteiger partial charge in [0.05, 0.1) is 17.8 Å². The maximum atomic E-state index is 10.7. The normalized spacial score (nSPS) is 11.3. The zero-order valence-corrected chi connectivity index (χ0v) is 8.73. The SMILES string of the molecule is CS(=O)(=O)OCc1cccc([N+](=O)[O-])c1. The molecule has 0 heterocycles. The van der Waals surface area contributed by atoms with E-state index in [1.165, 1.54) is 18.2 Å². The van der Waals surface area contributed by atoms with Crippen LogP contribution in [0.15, 0.2) is 24.3 Å². The molecule has 82 valence electrons. The summed E-state index contributed by atoms with van der Waals surface area (Å²) in [5, 5.41) is 10.4. The molecular formula is C8H9NO5S. The molecule has 0 aromatic heterocycles. The van der Waals surface area contributed by atoms with Gasteiger partial charge in [-0.3, -0.25) is 14.3 Å². The summed E-state index contributed by atoms with van der Waals surface area (Å²) in [5.41, 5.74) is 0.347. The smallest absolute Gasteiger partial charge is 0.265 e. The Labute approximate surface area is 86.8 Å². The van der Waals surface area contributed by atoms with Gasteiger partial charge in [-0.15, -0.1) is 0 Å². The maximum Gasteiger partial charge on any atom is 0.269 e. The number of hydrogen-bond acceptors (Lipinski definition) is 5. The highest BCUT2D eigenvalue weighted by molar-refractivity contribution is 7.85. The fraction of sp³-hybridized carbons (Fsp3) is 0.250. The summed E-state index contributed by atoms with van der Waals surface area (Å²) in [6, 6.07) is 5.62. The minimum absolute atomic E-state index is 0.0930. The number of nitro benzene ring substituents is 1. The van der Waals surface area contributed by atoms with Gasteiger partial charge in [0.15, 0.2) is 0 Å². The van der Waals surface area contributed by atoms with E-state index >= 15 is 0 Å². The van der Waals surface area contributed by atoms with E-state index in [9.17, 15) is 18.5 Å². The molecule has 0 saturated heterocycles. The van der Waals surface area contributed by atoms with E-state index in [1.807, 2.05) is 0 Å². The lowest BCUT2D eigenvalue weighted by atomic mass is 10.2. The Morgan fingerprint density at radius 1 is 1.47 bits per heavy atom. The van der Waals surface area contributed by atoms with Crippen molar-refractivity contribution in [2.24, 2.45) is 0 Å². The Bertz CT molecular complexity index is 468. The quantitative estimate of drug-likeness (QED) is 0.439. The minimum atomic E-state index is -3.53. The highest BCUT2D eigenvalue weighted by Crippen LogP contribution is 2.14. The third-order valence-corrected chi connectivity index (χ3v) is 2.11. The number of nitrogens with zero attached hydrogens (tertiary/aromatic N) is 1. The number of non-ortho nitro benzene ring substituents is 1. The lowest BCUT2D eigenvalue weighted by Crippen LogP contribution is -2.02. The molecule has 0 amide bonds. The van der Waals surface area contributed by atoms with Gasteiger partial charge in [0.2, 0.25) is 0 Å². The van der Waals surface area contributed by atoms with Gasteiger partial charge in [-0.25, -0.2) is 0 Å². The summed E-state index contributed by atoms with van der Waals surface area (Å²) in [5.74, 6) is 0. The van der Waals surface area contributed by atoms with E-state index in [0.717, 1.165) is 6.26 Å². The van der Waals surface area contributed by atoms with Gasteiger partial charge >= 0.3 is 0 Å². The van der Waals surface area contributed by atoms with E-state index in [1.54, 1.807) is 6.07 Å². The van der Waals surface area contributed by atoms with Gasteiger partial charge < -0.3 is 0 Å². The molecule has 0 fully saturated rings. The molecule has 0 aliphatic carbocycles. The van der Waals surface area contributed by atoms with Gasteiger partial charge in [0.1, 0.15) is 0 Å². The summed E-state index contributed by atoms with van der Waals surface area (Å²) in [4.78, 5) is 9.85. The average Bonchev–Trinajstić information content (AvgIpc) is 2.14. The monoisotopic (exact) mass is 231 g/mol. The van der Waals surface area contributed by atoms with E-state index in [2.05, 4.69) is 4.18 Å². The molecule has 0 saturated carbocycles. The fourth-order valence-corrected chi connectivity index (χ4v) is 1.29. The number of benzene rings is 1. The van der Waals surface area contributed by atoms with Crippen molar-refractivity contribution in [3.63, 3.8) is 0 Å². The van der Waals surface area contributed by atoms with Gasteiger partial charge in [-0.05, 0) is 5.56 Å². The lowest BCUT2D eigenvalue weighted by molar-refractivity contribution is -0.384. The lowest BCUT2D eigenvalue weighted by Gasteiger charge is -2.00. The van der Waals surface area contributed by atoms with E-state index < -0.39 is 15.0 Å². The number of rotatable bonds is 4. The molecule has 0 radical (unpaired) electrons. The van der Waals surface area contributed by atoms with Crippen molar-refractivity contribution in [2.75, 3.05) is 6.26 Å². The van der Waals surface area contributed by atoms with Crippen molar-refractivity contribution in [2.45, 2.75) is 6.61 Å². The molecule has 0 unspecified atom stereocenters. The molecule has 0 aliphatic rings. The highest BCUT2D eigenvalue weighted by atomic mass is 32.2. The molecular weight excluding hydrogens is 222 g/mol. The molecule has 6 nitrogen and oxygen atoms in total. The van der Waals surface area contributed by atoms with Crippen molar-refractivity contribution < 1.29 is 17.5 Å². The zero-order valence-electron chi connectivity index (χ0n) is 7.91. The molecule has 0 bridgehead atoms. The molecule has 0 N–H and O–H groups in total. The van der Waals surface area contributed by atoms with Crippen molar-refractivity contribution in [3.8, 4) is 0 Å². The summed E-state index contributed by atoms with van der Waals surface area (Å²) in [6.45, 7) is -0.194. The van der Waals surface area contributed by atoms with E-state index in [0.29, 0.717) is 5.56 Å². The van der Waals surface area contributed by atoms with Crippen LogP contribution in [0, 0.1) is 10.1 Å². The van der Waals surface area contributed by atoms with Crippen LogP contribution in [0.4, 0.5) is 5.69 Å². The molecule has 1 aromatic carbocycles. The highest BCUT2D eigenvalue weighted by Gasteiger charge is 2.07.